The number of benzene rings is 2. The number of aromatic nitrogens is 2. The van der Waals surface area contributed by atoms with Crippen LogP contribution in [-0.4, -0.2) is 15.7 Å². The van der Waals surface area contributed by atoms with E-state index in [9.17, 15) is 9.18 Å². The van der Waals surface area contributed by atoms with Crippen molar-refractivity contribution in [3.63, 3.8) is 0 Å². The summed E-state index contributed by atoms with van der Waals surface area (Å²) in [6.45, 7) is 1.76. The predicted octanol–water partition coefficient (Wildman–Crippen LogP) is 4.06. The zero-order valence-corrected chi connectivity index (χ0v) is 13.9. The van der Waals surface area contributed by atoms with Gasteiger partial charge in [-0.1, -0.05) is 18.2 Å². The third kappa shape index (κ3) is 2.82. The van der Waals surface area contributed by atoms with E-state index in [1.54, 1.807) is 25.1 Å². The monoisotopic (exact) mass is 335 g/mol. The number of nitrogens with one attached hydrogen (secondary N) is 1. The first kappa shape index (κ1) is 15.6. The van der Waals surface area contributed by atoms with Gasteiger partial charge >= 0.3 is 0 Å². The Morgan fingerprint density at radius 2 is 1.96 bits per heavy atom. The zero-order chi connectivity index (χ0) is 17.4. The number of fused-ring (bicyclic) bond motifs is 1. The average Bonchev–Trinajstić information content (AvgIpc) is 3.21. The lowest BCUT2D eigenvalue weighted by Gasteiger charge is -2.08. The van der Waals surface area contributed by atoms with E-state index in [0.29, 0.717) is 16.9 Å². The van der Waals surface area contributed by atoms with E-state index in [-0.39, 0.29) is 11.7 Å². The molecular weight excluding hydrogens is 317 g/mol. The van der Waals surface area contributed by atoms with Gasteiger partial charge in [0.15, 0.2) is 0 Å². The van der Waals surface area contributed by atoms with Crippen LogP contribution in [0.3, 0.4) is 0 Å². The highest BCUT2D eigenvalue weighted by Gasteiger charge is 2.18. The second-order valence-corrected chi connectivity index (χ2v) is 6.30. The number of rotatable bonds is 3. The van der Waals surface area contributed by atoms with Crippen LogP contribution < -0.4 is 5.32 Å². The van der Waals surface area contributed by atoms with Gasteiger partial charge in [0.1, 0.15) is 11.5 Å². The fourth-order valence-corrected chi connectivity index (χ4v) is 3.35. The molecule has 0 unspecified atom stereocenters. The van der Waals surface area contributed by atoms with Crippen molar-refractivity contribution in [3.8, 4) is 5.69 Å². The number of para-hydroxylation sites is 1. The lowest BCUT2D eigenvalue weighted by atomic mass is 10.1. The molecule has 1 amide bonds. The highest BCUT2D eigenvalue weighted by molar-refractivity contribution is 6.05. The Morgan fingerprint density at radius 3 is 2.80 bits per heavy atom. The number of aryl methyl sites for hydroxylation is 2. The van der Waals surface area contributed by atoms with Gasteiger partial charge in [-0.3, -0.25) is 4.79 Å². The van der Waals surface area contributed by atoms with Crippen molar-refractivity contribution >= 4 is 11.6 Å². The highest BCUT2D eigenvalue weighted by atomic mass is 19.1. The van der Waals surface area contributed by atoms with Crippen LogP contribution in [0.15, 0.2) is 48.7 Å². The SMILES string of the molecule is Cc1c(C(=O)Nc2ccc3c(c2)CCC3)cnn1-c1ccccc1F. The van der Waals surface area contributed by atoms with Gasteiger partial charge in [-0.25, -0.2) is 9.07 Å². The molecule has 0 aliphatic heterocycles. The number of amides is 1. The normalized spacial score (nSPS) is 12.9. The van der Waals surface area contributed by atoms with Crippen LogP contribution in [0.4, 0.5) is 10.1 Å². The van der Waals surface area contributed by atoms with Crippen LogP contribution in [0.5, 0.6) is 0 Å². The average molecular weight is 335 g/mol. The summed E-state index contributed by atoms with van der Waals surface area (Å²) in [5.74, 6) is -0.614. The third-order valence-electron chi connectivity index (χ3n) is 4.69. The molecule has 126 valence electrons. The maximum absolute atomic E-state index is 14.0. The van der Waals surface area contributed by atoms with E-state index in [1.165, 1.54) is 34.5 Å². The first-order valence-corrected chi connectivity index (χ1v) is 8.36. The van der Waals surface area contributed by atoms with Crippen molar-refractivity contribution in [2.75, 3.05) is 5.32 Å². The van der Waals surface area contributed by atoms with Crippen molar-refractivity contribution in [2.45, 2.75) is 26.2 Å². The van der Waals surface area contributed by atoms with Crippen LogP contribution in [0.25, 0.3) is 5.69 Å². The molecule has 1 aliphatic carbocycles. The Morgan fingerprint density at radius 1 is 1.16 bits per heavy atom. The second kappa shape index (κ2) is 6.16. The number of hydrogen-bond donors (Lipinski definition) is 1. The zero-order valence-electron chi connectivity index (χ0n) is 13.9. The van der Waals surface area contributed by atoms with Crippen LogP contribution in [0.2, 0.25) is 0 Å². The third-order valence-corrected chi connectivity index (χ3v) is 4.69. The molecule has 4 rings (SSSR count). The smallest absolute Gasteiger partial charge is 0.259 e. The lowest BCUT2D eigenvalue weighted by molar-refractivity contribution is 0.102. The van der Waals surface area contributed by atoms with E-state index in [4.69, 9.17) is 0 Å². The molecule has 0 fully saturated rings. The molecule has 1 aromatic heterocycles. The van der Waals surface area contributed by atoms with E-state index >= 15 is 0 Å². The van der Waals surface area contributed by atoms with Gasteiger partial charge in [0, 0.05) is 5.69 Å². The number of anilines is 1. The summed E-state index contributed by atoms with van der Waals surface area (Å²) in [6, 6.07) is 12.4. The molecule has 1 heterocycles. The summed E-state index contributed by atoms with van der Waals surface area (Å²) in [7, 11) is 0. The molecule has 4 nitrogen and oxygen atoms in total. The summed E-state index contributed by atoms with van der Waals surface area (Å²) >= 11 is 0. The lowest BCUT2D eigenvalue weighted by Crippen LogP contribution is -2.13. The molecule has 0 atom stereocenters. The van der Waals surface area contributed by atoms with Gasteiger partial charge in [0.2, 0.25) is 0 Å². The van der Waals surface area contributed by atoms with Gasteiger partial charge in [0.05, 0.1) is 17.5 Å². The van der Waals surface area contributed by atoms with E-state index in [0.717, 1.165) is 18.5 Å². The number of hydrogen-bond acceptors (Lipinski definition) is 2. The molecule has 0 saturated heterocycles. The Bertz CT molecular complexity index is 961. The summed E-state index contributed by atoms with van der Waals surface area (Å²) < 4.78 is 15.4. The molecular formula is C20H18FN3O. The number of halogens is 1. The summed E-state index contributed by atoms with van der Waals surface area (Å²) in [4.78, 5) is 12.6. The minimum atomic E-state index is -0.376. The minimum Gasteiger partial charge on any atom is -0.322 e. The fourth-order valence-electron chi connectivity index (χ4n) is 3.35. The molecule has 0 spiro atoms. The number of nitrogens with zero attached hydrogens (tertiary/aromatic N) is 2. The van der Waals surface area contributed by atoms with Crippen LogP contribution in [0.1, 0.15) is 33.6 Å². The van der Waals surface area contributed by atoms with Gasteiger partial charge in [0.25, 0.3) is 5.91 Å². The van der Waals surface area contributed by atoms with Gasteiger partial charge in [-0.05, 0) is 61.6 Å². The summed E-state index contributed by atoms with van der Waals surface area (Å²) in [5.41, 5.74) is 4.81. The number of carbonyl (C=O) groups excluding carboxylic acids is 1. The van der Waals surface area contributed by atoms with Crippen molar-refractivity contribution in [2.24, 2.45) is 0 Å². The van der Waals surface area contributed by atoms with Crippen molar-refractivity contribution in [1.29, 1.82) is 0 Å². The quantitative estimate of drug-likeness (QED) is 0.784. The second-order valence-electron chi connectivity index (χ2n) is 6.30. The van der Waals surface area contributed by atoms with Crippen LogP contribution >= 0.6 is 0 Å². The van der Waals surface area contributed by atoms with Crippen molar-refractivity contribution in [1.82, 2.24) is 9.78 Å². The van der Waals surface area contributed by atoms with E-state index < -0.39 is 0 Å². The van der Waals surface area contributed by atoms with E-state index in [1.807, 2.05) is 12.1 Å². The Hall–Kier alpha value is -2.95. The predicted molar refractivity (Wildman–Crippen MR) is 94.7 cm³/mol. The van der Waals surface area contributed by atoms with Crippen molar-refractivity contribution < 1.29 is 9.18 Å². The Balaban J connectivity index is 1.60. The first-order chi connectivity index (χ1) is 12.1. The maximum atomic E-state index is 14.0. The number of carbonyl (C=O) groups is 1. The Labute approximate surface area is 145 Å². The van der Waals surface area contributed by atoms with Crippen LogP contribution in [0, 0.1) is 12.7 Å². The van der Waals surface area contributed by atoms with E-state index in [2.05, 4.69) is 16.5 Å². The molecule has 1 N–H and O–H groups in total. The molecule has 1 aliphatic rings. The molecule has 25 heavy (non-hydrogen) atoms. The topological polar surface area (TPSA) is 46.9 Å². The highest BCUT2D eigenvalue weighted by Crippen LogP contribution is 2.25. The molecule has 2 aromatic carbocycles. The standard InChI is InChI=1S/C20H18FN3O/c1-13-17(12-22-24(13)19-8-3-2-7-18(19)21)20(25)23-16-10-9-14-5-4-6-15(14)11-16/h2-3,7-12H,4-6H2,1H3,(H,23,25). The molecule has 3 aromatic rings. The molecule has 0 saturated carbocycles. The largest absolute Gasteiger partial charge is 0.322 e. The van der Waals surface area contributed by atoms with Gasteiger partial charge < -0.3 is 5.32 Å². The molecule has 0 radical (unpaired) electrons. The first-order valence-electron chi connectivity index (χ1n) is 8.36. The van der Waals surface area contributed by atoms with Gasteiger partial charge in [-0.2, -0.15) is 5.10 Å². The van der Waals surface area contributed by atoms with Crippen LogP contribution in [-0.2, 0) is 12.8 Å². The van der Waals surface area contributed by atoms with Gasteiger partial charge in [-0.15, -0.1) is 0 Å². The molecule has 0 bridgehead atoms. The summed E-state index contributed by atoms with van der Waals surface area (Å²) in [6.07, 6.45) is 4.81. The maximum Gasteiger partial charge on any atom is 0.259 e. The molecule has 5 heteroatoms. The Kier molecular flexibility index (Phi) is 3.84. The minimum absolute atomic E-state index is 0.238. The fraction of sp³-hybridized carbons (Fsp3) is 0.200. The summed E-state index contributed by atoms with van der Waals surface area (Å²) in [5, 5.41) is 7.11. The van der Waals surface area contributed by atoms with Crippen molar-refractivity contribution in [3.05, 3.63) is 76.9 Å².